The van der Waals surface area contributed by atoms with E-state index < -0.39 is 0 Å². The number of rotatable bonds is 3. The number of imide groups is 1. The Hall–Kier alpha value is -2.38. The fraction of sp³-hybridized carbons (Fsp3) is 0.524. The van der Waals surface area contributed by atoms with Crippen molar-refractivity contribution < 1.29 is 9.59 Å². The van der Waals surface area contributed by atoms with Crippen LogP contribution in [0.5, 0.6) is 0 Å². The van der Waals surface area contributed by atoms with Crippen LogP contribution in [-0.2, 0) is 4.79 Å². The molecule has 4 atom stereocenters. The smallest absolute Gasteiger partial charge is 0.328 e. The van der Waals surface area contributed by atoms with Crippen LogP contribution < -0.4 is 10.2 Å². The first-order valence-electron chi connectivity index (χ1n) is 9.87. The quantitative estimate of drug-likeness (QED) is 0.806. The molecule has 0 radical (unpaired) electrons. The molecule has 150 valence electrons. The van der Waals surface area contributed by atoms with Crippen molar-refractivity contribution in [2.24, 2.45) is 5.92 Å². The molecule has 3 aliphatic rings. The van der Waals surface area contributed by atoms with Gasteiger partial charge in [0.25, 0.3) is 5.91 Å². The van der Waals surface area contributed by atoms with Crippen molar-refractivity contribution in [3.8, 4) is 0 Å². The molecule has 0 aliphatic carbocycles. The molecule has 3 fully saturated rings. The molecule has 3 amide bonds. The lowest BCUT2D eigenvalue weighted by atomic mass is 10.0. The second kappa shape index (κ2) is 6.90. The van der Waals surface area contributed by atoms with Crippen molar-refractivity contribution in [3.05, 3.63) is 42.0 Å². The van der Waals surface area contributed by atoms with Gasteiger partial charge in [0.05, 0.1) is 0 Å². The Balaban J connectivity index is 1.71. The number of anilines is 1. The molecule has 0 aromatic heterocycles. The summed E-state index contributed by atoms with van der Waals surface area (Å²) >= 11 is 0. The predicted octanol–water partition coefficient (Wildman–Crippen LogP) is 1.72. The van der Waals surface area contributed by atoms with Crippen LogP contribution in [0.25, 0.3) is 0 Å². The van der Waals surface area contributed by atoms with Crippen molar-refractivity contribution in [3.63, 3.8) is 0 Å². The van der Waals surface area contributed by atoms with Crippen LogP contribution in [0.3, 0.4) is 0 Å². The third kappa shape index (κ3) is 2.89. The summed E-state index contributed by atoms with van der Waals surface area (Å²) in [6, 6.07) is 5.88. The topological polar surface area (TPSA) is 59.1 Å². The zero-order chi connectivity index (χ0) is 20.2. The standard InChI is InChI=1S/C21H29N5O2/c1-6-7-24-19(27)17-18(23(5)21(24)28)22-20-25(11-15(4)12-26(17)20)16-9-13(2)8-14(3)10-16/h6,8-10,15,17-18,20,22H,1,7,11-12H2,2-5H3. The fourth-order valence-corrected chi connectivity index (χ4v) is 4.83. The summed E-state index contributed by atoms with van der Waals surface area (Å²) in [5.41, 5.74) is 3.58. The molecule has 0 bridgehead atoms. The summed E-state index contributed by atoms with van der Waals surface area (Å²) in [6.45, 7) is 12.1. The lowest BCUT2D eigenvalue weighted by molar-refractivity contribution is -0.138. The normalized spacial score (nSPS) is 30.5. The second-order valence-corrected chi connectivity index (χ2v) is 8.36. The average molecular weight is 383 g/mol. The summed E-state index contributed by atoms with van der Waals surface area (Å²) in [6.07, 6.45) is 1.16. The van der Waals surface area contributed by atoms with Gasteiger partial charge in [0.15, 0.2) is 0 Å². The van der Waals surface area contributed by atoms with Crippen LogP contribution in [0, 0.1) is 19.8 Å². The van der Waals surface area contributed by atoms with E-state index >= 15 is 0 Å². The monoisotopic (exact) mass is 383 g/mol. The highest BCUT2D eigenvalue weighted by Gasteiger charge is 2.56. The second-order valence-electron chi connectivity index (χ2n) is 8.36. The number of amides is 3. The number of nitrogens with one attached hydrogen (secondary N) is 1. The molecule has 1 aromatic carbocycles. The molecule has 28 heavy (non-hydrogen) atoms. The number of urea groups is 1. The minimum absolute atomic E-state index is 0.115. The molecule has 4 rings (SSSR count). The number of fused-ring (bicyclic) bond motifs is 3. The van der Waals surface area contributed by atoms with Crippen LogP contribution in [0.1, 0.15) is 18.1 Å². The van der Waals surface area contributed by atoms with Crippen molar-refractivity contribution >= 4 is 17.6 Å². The van der Waals surface area contributed by atoms with E-state index in [1.165, 1.54) is 16.0 Å². The van der Waals surface area contributed by atoms with E-state index in [-0.39, 0.29) is 37.0 Å². The number of benzene rings is 1. The average Bonchev–Trinajstić information content (AvgIpc) is 3.01. The largest absolute Gasteiger partial charge is 0.343 e. The van der Waals surface area contributed by atoms with Gasteiger partial charge >= 0.3 is 6.03 Å². The first-order chi connectivity index (χ1) is 13.3. The van der Waals surface area contributed by atoms with Gasteiger partial charge in [-0.05, 0) is 43.0 Å². The van der Waals surface area contributed by atoms with Gasteiger partial charge in [0, 0.05) is 32.4 Å². The van der Waals surface area contributed by atoms with Crippen LogP contribution in [0.4, 0.5) is 10.5 Å². The van der Waals surface area contributed by atoms with Crippen LogP contribution in [0.2, 0.25) is 0 Å². The summed E-state index contributed by atoms with van der Waals surface area (Å²) in [5, 5.41) is 3.56. The number of aryl methyl sites for hydroxylation is 2. The predicted molar refractivity (Wildman–Crippen MR) is 109 cm³/mol. The molecule has 3 aliphatic heterocycles. The van der Waals surface area contributed by atoms with Crippen molar-refractivity contribution in [2.45, 2.75) is 39.3 Å². The van der Waals surface area contributed by atoms with E-state index in [1.54, 1.807) is 18.0 Å². The minimum Gasteiger partial charge on any atom is -0.343 e. The molecule has 0 spiro atoms. The van der Waals surface area contributed by atoms with Gasteiger partial charge in [-0.1, -0.05) is 19.1 Å². The molecule has 7 heteroatoms. The van der Waals surface area contributed by atoms with E-state index in [1.807, 2.05) is 0 Å². The number of likely N-dealkylation sites (N-methyl/N-ethyl adjacent to an activating group) is 1. The molecule has 7 nitrogen and oxygen atoms in total. The van der Waals surface area contributed by atoms with Gasteiger partial charge in [-0.2, -0.15) is 0 Å². The maximum absolute atomic E-state index is 13.2. The van der Waals surface area contributed by atoms with Gasteiger partial charge in [0.2, 0.25) is 0 Å². The summed E-state index contributed by atoms with van der Waals surface area (Å²) in [4.78, 5) is 33.4. The number of carbonyl (C=O) groups excluding carboxylic acids is 2. The zero-order valence-electron chi connectivity index (χ0n) is 17.1. The Labute approximate surface area is 166 Å². The molecule has 3 heterocycles. The van der Waals surface area contributed by atoms with E-state index in [2.05, 4.69) is 60.7 Å². The third-order valence-electron chi connectivity index (χ3n) is 5.94. The summed E-state index contributed by atoms with van der Waals surface area (Å²) in [5.74, 6) is 0.263. The van der Waals surface area contributed by atoms with Crippen molar-refractivity contribution in [1.82, 2.24) is 20.0 Å². The highest BCUT2D eigenvalue weighted by Crippen LogP contribution is 2.34. The number of hydrogen-bond donors (Lipinski definition) is 1. The lowest BCUT2D eigenvalue weighted by Gasteiger charge is -2.46. The molecule has 1 aromatic rings. The van der Waals surface area contributed by atoms with Crippen molar-refractivity contribution in [1.29, 1.82) is 0 Å². The SMILES string of the molecule is C=CCN1C(=O)C2C(NC3N(c4cc(C)cc(C)c4)CC(C)CN23)N(C)C1=O. The number of hydrogen-bond acceptors (Lipinski definition) is 5. The lowest BCUT2D eigenvalue weighted by Crippen LogP contribution is -2.66. The Morgan fingerprint density at radius 2 is 1.86 bits per heavy atom. The molecule has 1 N–H and O–H groups in total. The van der Waals surface area contributed by atoms with E-state index in [9.17, 15) is 9.59 Å². The van der Waals surface area contributed by atoms with Gasteiger partial charge in [-0.25, -0.2) is 4.79 Å². The van der Waals surface area contributed by atoms with E-state index in [0.29, 0.717) is 5.92 Å². The third-order valence-corrected chi connectivity index (χ3v) is 5.94. The first kappa shape index (κ1) is 19.0. The van der Waals surface area contributed by atoms with Crippen LogP contribution in [-0.4, -0.2) is 71.8 Å². The van der Waals surface area contributed by atoms with Crippen molar-refractivity contribution in [2.75, 3.05) is 31.6 Å². The number of nitrogens with zero attached hydrogens (tertiary/aromatic N) is 4. The Bertz CT molecular complexity index is 805. The minimum atomic E-state index is -0.385. The van der Waals surface area contributed by atoms with Crippen LogP contribution >= 0.6 is 0 Å². The maximum Gasteiger partial charge on any atom is 0.328 e. The Morgan fingerprint density at radius 3 is 2.50 bits per heavy atom. The molecular formula is C21H29N5O2. The molecule has 0 saturated carbocycles. The molecule has 3 saturated heterocycles. The Kier molecular flexibility index (Phi) is 4.67. The highest BCUT2D eigenvalue weighted by molar-refractivity contribution is 6.00. The molecular weight excluding hydrogens is 354 g/mol. The maximum atomic E-state index is 13.2. The van der Waals surface area contributed by atoms with Gasteiger partial charge < -0.3 is 9.80 Å². The first-order valence-corrected chi connectivity index (χ1v) is 9.87. The summed E-state index contributed by atoms with van der Waals surface area (Å²) in [7, 11) is 1.76. The van der Waals surface area contributed by atoms with Gasteiger partial charge in [-0.15, -0.1) is 6.58 Å². The highest BCUT2D eigenvalue weighted by atomic mass is 16.2. The van der Waals surface area contributed by atoms with E-state index in [4.69, 9.17) is 0 Å². The number of carbonyl (C=O) groups is 2. The fourth-order valence-electron chi connectivity index (χ4n) is 4.83. The van der Waals surface area contributed by atoms with E-state index in [0.717, 1.165) is 18.8 Å². The van der Waals surface area contributed by atoms with Crippen LogP contribution in [0.15, 0.2) is 30.9 Å². The summed E-state index contributed by atoms with van der Waals surface area (Å²) < 4.78 is 0. The van der Waals surface area contributed by atoms with Gasteiger partial charge in [0.1, 0.15) is 18.5 Å². The Morgan fingerprint density at radius 1 is 1.18 bits per heavy atom. The zero-order valence-corrected chi connectivity index (χ0v) is 17.1. The molecule has 4 unspecified atom stereocenters. The van der Waals surface area contributed by atoms with Gasteiger partial charge in [-0.3, -0.25) is 19.9 Å².